The van der Waals surface area contributed by atoms with E-state index in [1.54, 1.807) is 4.90 Å². The second kappa shape index (κ2) is 4.61. The van der Waals surface area contributed by atoms with Crippen molar-refractivity contribution in [2.45, 2.75) is 32.2 Å². The highest BCUT2D eigenvalue weighted by Gasteiger charge is 2.45. The third-order valence-electron chi connectivity index (χ3n) is 2.76. The van der Waals surface area contributed by atoms with E-state index in [-0.39, 0.29) is 18.4 Å². The smallest absolute Gasteiger partial charge is 0.241 e. The average molecular weight is 213 g/mol. The maximum absolute atomic E-state index is 11.5. The Hall–Kier alpha value is -1.10. The van der Waals surface area contributed by atoms with E-state index in [2.05, 4.69) is 5.32 Å². The number of hydrogen-bond acceptors (Lipinski definition) is 3. The van der Waals surface area contributed by atoms with Gasteiger partial charge in [0.05, 0.1) is 12.1 Å². The van der Waals surface area contributed by atoms with Gasteiger partial charge >= 0.3 is 0 Å². The number of nitrogens with zero attached hydrogens (tertiary/aromatic N) is 1. The minimum Gasteiger partial charge on any atom is -0.345 e. The molecule has 0 atom stereocenters. The van der Waals surface area contributed by atoms with Crippen molar-refractivity contribution in [1.29, 1.82) is 0 Å². The van der Waals surface area contributed by atoms with Crippen molar-refractivity contribution in [2.75, 3.05) is 19.6 Å². The summed E-state index contributed by atoms with van der Waals surface area (Å²) in [4.78, 5) is 24.6. The minimum absolute atomic E-state index is 0.0550. The Labute approximate surface area is 90.0 Å². The van der Waals surface area contributed by atoms with Crippen LogP contribution in [0.2, 0.25) is 0 Å². The van der Waals surface area contributed by atoms with Crippen LogP contribution in [-0.2, 0) is 9.59 Å². The molecular weight excluding hydrogens is 194 g/mol. The van der Waals surface area contributed by atoms with Crippen LogP contribution in [0.15, 0.2) is 0 Å². The molecule has 86 valence electrons. The second-order valence-electron chi connectivity index (χ2n) is 3.90. The van der Waals surface area contributed by atoms with Crippen LogP contribution in [0.5, 0.6) is 0 Å². The standard InChI is InChI=1S/C10H19N3O2/c1-3-13(4-2)8(14)7-12-9(15)10(11)5-6-10/h3-7,11H2,1-2H3,(H,12,15). The molecule has 0 heterocycles. The molecule has 3 N–H and O–H groups in total. The highest BCUT2D eigenvalue weighted by atomic mass is 16.2. The van der Waals surface area contributed by atoms with E-state index in [9.17, 15) is 9.59 Å². The van der Waals surface area contributed by atoms with Gasteiger partial charge in [-0.3, -0.25) is 9.59 Å². The number of carbonyl (C=O) groups is 2. The van der Waals surface area contributed by atoms with E-state index in [1.807, 2.05) is 13.8 Å². The molecular formula is C10H19N3O2. The maximum atomic E-state index is 11.5. The number of hydrogen-bond donors (Lipinski definition) is 2. The largest absolute Gasteiger partial charge is 0.345 e. The first-order chi connectivity index (χ1) is 7.03. The van der Waals surface area contributed by atoms with Crippen molar-refractivity contribution in [3.8, 4) is 0 Å². The molecule has 0 aliphatic heterocycles. The van der Waals surface area contributed by atoms with Crippen LogP contribution in [0.1, 0.15) is 26.7 Å². The SMILES string of the molecule is CCN(CC)C(=O)CNC(=O)C1(N)CC1. The van der Waals surface area contributed by atoms with Gasteiger partial charge in [-0.25, -0.2) is 0 Å². The molecule has 0 unspecified atom stereocenters. The van der Waals surface area contributed by atoms with E-state index in [0.717, 1.165) is 12.8 Å². The first-order valence-corrected chi connectivity index (χ1v) is 5.38. The van der Waals surface area contributed by atoms with Gasteiger partial charge in [0.1, 0.15) is 0 Å². The summed E-state index contributed by atoms with van der Waals surface area (Å²) in [7, 11) is 0. The lowest BCUT2D eigenvalue weighted by Crippen LogP contribution is -2.47. The quantitative estimate of drug-likeness (QED) is 0.644. The number of nitrogens with one attached hydrogen (secondary N) is 1. The molecule has 0 spiro atoms. The van der Waals surface area contributed by atoms with Crippen molar-refractivity contribution in [1.82, 2.24) is 10.2 Å². The highest BCUT2D eigenvalue weighted by Crippen LogP contribution is 2.31. The number of nitrogens with two attached hydrogens (primary N) is 1. The van der Waals surface area contributed by atoms with E-state index < -0.39 is 5.54 Å². The molecule has 0 saturated heterocycles. The van der Waals surface area contributed by atoms with Crippen molar-refractivity contribution in [3.63, 3.8) is 0 Å². The topological polar surface area (TPSA) is 75.4 Å². The normalized spacial score (nSPS) is 17.0. The molecule has 5 nitrogen and oxygen atoms in total. The summed E-state index contributed by atoms with van der Waals surface area (Å²) in [6.07, 6.45) is 1.44. The Morgan fingerprint density at radius 3 is 2.27 bits per heavy atom. The fraction of sp³-hybridized carbons (Fsp3) is 0.800. The number of amides is 2. The van der Waals surface area contributed by atoms with Crippen LogP contribution < -0.4 is 11.1 Å². The summed E-state index contributed by atoms with van der Waals surface area (Å²) in [5.41, 5.74) is 4.99. The minimum atomic E-state index is -0.691. The van der Waals surface area contributed by atoms with Gasteiger partial charge in [0.25, 0.3) is 0 Å². The van der Waals surface area contributed by atoms with Crippen molar-refractivity contribution >= 4 is 11.8 Å². The summed E-state index contributed by atoms with van der Waals surface area (Å²) in [6, 6.07) is 0. The zero-order chi connectivity index (χ0) is 11.5. The van der Waals surface area contributed by atoms with Gasteiger partial charge in [0.15, 0.2) is 0 Å². The lowest BCUT2D eigenvalue weighted by atomic mass is 10.3. The van der Waals surface area contributed by atoms with Crippen LogP contribution in [-0.4, -0.2) is 41.9 Å². The summed E-state index contributed by atoms with van der Waals surface area (Å²) in [5.74, 6) is -0.263. The van der Waals surface area contributed by atoms with E-state index >= 15 is 0 Å². The summed E-state index contributed by atoms with van der Waals surface area (Å²) < 4.78 is 0. The molecule has 1 aliphatic rings. The third kappa shape index (κ3) is 2.92. The average Bonchev–Trinajstić information content (AvgIpc) is 2.96. The van der Waals surface area contributed by atoms with Gasteiger partial charge in [0.2, 0.25) is 11.8 Å². The molecule has 1 saturated carbocycles. The predicted molar refractivity (Wildman–Crippen MR) is 57.1 cm³/mol. The monoisotopic (exact) mass is 213 g/mol. The molecule has 1 aliphatic carbocycles. The predicted octanol–water partition coefficient (Wildman–Crippen LogP) is -0.538. The molecule has 0 radical (unpaired) electrons. The van der Waals surface area contributed by atoms with Gasteiger partial charge in [-0.1, -0.05) is 0 Å². The van der Waals surface area contributed by atoms with E-state index in [4.69, 9.17) is 5.73 Å². The Balaban J connectivity index is 2.30. The molecule has 0 bridgehead atoms. The lowest BCUT2D eigenvalue weighted by molar-refractivity contribution is -0.133. The van der Waals surface area contributed by atoms with Crippen molar-refractivity contribution in [3.05, 3.63) is 0 Å². The molecule has 2 amide bonds. The fourth-order valence-electron chi connectivity index (χ4n) is 1.38. The summed E-state index contributed by atoms with van der Waals surface area (Å²) in [5, 5.41) is 2.58. The first kappa shape index (κ1) is 12.0. The van der Waals surface area contributed by atoms with Gasteiger partial charge in [-0.2, -0.15) is 0 Å². The van der Waals surface area contributed by atoms with Crippen molar-refractivity contribution in [2.24, 2.45) is 5.73 Å². The van der Waals surface area contributed by atoms with Crippen LogP contribution in [0, 0.1) is 0 Å². The second-order valence-corrected chi connectivity index (χ2v) is 3.90. The van der Waals surface area contributed by atoms with Gasteiger partial charge in [0, 0.05) is 13.1 Å². The Morgan fingerprint density at radius 1 is 1.33 bits per heavy atom. The van der Waals surface area contributed by atoms with Crippen LogP contribution in [0.3, 0.4) is 0 Å². The molecule has 1 rings (SSSR count). The Bertz CT molecular complexity index is 257. The Morgan fingerprint density at radius 2 is 1.87 bits per heavy atom. The Kier molecular flexibility index (Phi) is 3.68. The van der Waals surface area contributed by atoms with Gasteiger partial charge in [-0.05, 0) is 26.7 Å². The maximum Gasteiger partial charge on any atom is 0.241 e. The molecule has 0 aromatic rings. The lowest BCUT2D eigenvalue weighted by Gasteiger charge is -2.19. The van der Waals surface area contributed by atoms with Crippen LogP contribution in [0.4, 0.5) is 0 Å². The fourth-order valence-corrected chi connectivity index (χ4v) is 1.38. The zero-order valence-electron chi connectivity index (χ0n) is 9.38. The molecule has 0 aromatic carbocycles. The van der Waals surface area contributed by atoms with Gasteiger partial charge < -0.3 is 16.0 Å². The number of carbonyl (C=O) groups excluding carboxylic acids is 2. The third-order valence-corrected chi connectivity index (χ3v) is 2.76. The van der Waals surface area contributed by atoms with Gasteiger partial charge in [-0.15, -0.1) is 0 Å². The highest BCUT2D eigenvalue weighted by molar-refractivity contribution is 5.92. The van der Waals surface area contributed by atoms with Crippen LogP contribution in [0.25, 0.3) is 0 Å². The van der Waals surface area contributed by atoms with E-state index in [1.165, 1.54) is 0 Å². The van der Waals surface area contributed by atoms with Crippen LogP contribution >= 0.6 is 0 Å². The summed E-state index contributed by atoms with van der Waals surface area (Å²) >= 11 is 0. The molecule has 5 heteroatoms. The molecule has 1 fully saturated rings. The first-order valence-electron chi connectivity index (χ1n) is 5.38. The molecule has 15 heavy (non-hydrogen) atoms. The van der Waals surface area contributed by atoms with Crippen molar-refractivity contribution < 1.29 is 9.59 Å². The number of likely N-dealkylation sites (N-methyl/N-ethyl adjacent to an activating group) is 1. The summed E-state index contributed by atoms with van der Waals surface area (Å²) in [6.45, 7) is 5.21. The molecule has 0 aromatic heterocycles. The number of rotatable bonds is 5. The zero-order valence-corrected chi connectivity index (χ0v) is 9.38. The van der Waals surface area contributed by atoms with E-state index in [0.29, 0.717) is 13.1 Å².